The molecule has 1 atom stereocenters. The topological polar surface area (TPSA) is 75.2 Å². The number of carbonyl (C=O) groups is 1. The first-order chi connectivity index (χ1) is 10.8. The summed E-state index contributed by atoms with van der Waals surface area (Å²) in [4.78, 5) is 36.3. The summed E-state index contributed by atoms with van der Waals surface area (Å²) in [5, 5.41) is 2.25. The lowest BCUT2D eigenvalue weighted by atomic mass is 10.1. The van der Waals surface area contributed by atoms with Gasteiger partial charge in [-0.2, -0.15) is 0 Å². The number of aromatic amines is 1. The van der Waals surface area contributed by atoms with Crippen LogP contribution < -0.4 is 11.1 Å². The lowest BCUT2D eigenvalue weighted by Gasteiger charge is -2.25. The minimum atomic E-state index is -1.00. The van der Waals surface area contributed by atoms with Crippen LogP contribution in [-0.2, 0) is 11.3 Å². The van der Waals surface area contributed by atoms with Crippen LogP contribution in [0.15, 0.2) is 39.9 Å². The number of halogens is 2. The Morgan fingerprint density at radius 3 is 2.57 bits per heavy atom. The minimum absolute atomic E-state index is 0.362. The van der Waals surface area contributed by atoms with Crippen LogP contribution in [0.2, 0.25) is 0 Å². The minimum Gasteiger partial charge on any atom is -0.337 e. The molecule has 0 aliphatic rings. The summed E-state index contributed by atoms with van der Waals surface area (Å²) in [6.45, 7) is 1.28. The van der Waals surface area contributed by atoms with E-state index in [-0.39, 0.29) is 6.54 Å². The van der Waals surface area contributed by atoms with Crippen LogP contribution in [0.25, 0.3) is 0 Å². The van der Waals surface area contributed by atoms with E-state index >= 15 is 0 Å². The highest BCUT2D eigenvalue weighted by Gasteiger charge is 2.19. The van der Waals surface area contributed by atoms with Gasteiger partial charge in [0.2, 0.25) is 5.91 Å². The van der Waals surface area contributed by atoms with Gasteiger partial charge in [-0.05, 0) is 24.6 Å². The Hall–Kier alpha value is -2.77. The molecule has 0 aliphatic carbocycles. The van der Waals surface area contributed by atoms with Gasteiger partial charge >= 0.3 is 0 Å². The highest BCUT2D eigenvalue weighted by atomic mass is 19.2. The average Bonchev–Trinajstić information content (AvgIpc) is 2.52. The van der Waals surface area contributed by atoms with Crippen molar-refractivity contribution in [2.75, 3.05) is 7.05 Å². The number of nitrogens with one attached hydrogen (secondary N) is 1. The van der Waals surface area contributed by atoms with E-state index in [0.29, 0.717) is 5.56 Å². The Morgan fingerprint density at radius 2 is 1.91 bits per heavy atom. The van der Waals surface area contributed by atoms with Crippen molar-refractivity contribution in [2.24, 2.45) is 0 Å². The van der Waals surface area contributed by atoms with Gasteiger partial charge in [0.1, 0.15) is 6.54 Å². The fourth-order valence-corrected chi connectivity index (χ4v) is 2.04. The molecule has 8 heteroatoms. The zero-order chi connectivity index (χ0) is 17.1. The van der Waals surface area contributed by atoms with Gasteiger partial charge in [0.25, 0.3) is 11.1 Å². The second kappa shape index (κ2) is 6.55. The number of H-pyrrole nitrogens is 1. The molecule has 1 heterocycles. The van der Waals surface area contributed by atoms with Crippen LogP contribution in [0.1, 0.15) is 18.5 Å². The number of aromatic nitrogens is 2. The summed E-state index contributed by atoms with van der Waals surface area (Å²) < 4.78 is 27.1. The summed E-state index contributed by atoms with van der Waals surface area (Å²) in [5.74, 6) is -2.44. The maximum absolute atomic E-state index is 13.3. The molecule has 1 aromatic heterocycles. The SMILES string of the molecule is CC(c1ccc(F)c(F)c1)N(C)C(=O)Cn1[nH]c(=O)ccc1=O. The Labute approximate surface area is 130 Å². The third kappa shape index (κ3) is 3.71. The van der Waals surface area contributed by atoms with Crippen LogP contribution in [-0.4, -0.2) is 27.6 Å². The summed E-state index contributed by atoms with van der Waals surface area (Å²) in [5.41, 5.74) is -0.616. The van der Waals surface area contributed by atoms with Gasteiger partial charge < -0.3 is 4.90 Å². The van der Waals surface area contributed by atoms with Crippen molar-refractivity contribution in [1.29, 1.82) is 0 Å². The first kappa shape index (κ1) is 16.6. The van der Waals surface area contributed by atoms with Crippen molar-refractivity contribution in [1.82, 2.24) is 14.7 Å². The highest BCUT2D eigenvalue weighted by Crippen LogP contribution is 2.21. The van der Waals surface area contributed by atoms with E-state index < -0.39 is 34.7 Å². The van der Waals surface area contributed by atoms with Gasteiger partial charge in [-0.25, -0.2) is 13.5 Å². The number of likely N-dealkylation sites (N-methyl/N-ethyl adjacent to an activating group) is 1. The highest BCUT2D eigenvalue weighted by molar-refractivity contribution is 5.76. The Balaban J connectivity index is 2.18. The fourth-order valence-electron chi connectivity index (χ4n) is 2.04. The number of benzene rings is 1. The number of rotatable bonds is 4. The van der Waals surface area contributed by atoms with Crippen molar-refractivity contribution < 1.29 is 13.6 Å². The maximum Gasteiger partial charge on any atom is 0.265 e. The molecule has 2 aromatic rings. The second-order valence-corrected chi connectivity index (χ2v) is 5.09. The van der Waals surface area contributed by atoms with Crippen molar-refractivity contribution in [3.05, 3.63) is 68.2 Å². The van der Waals surface area contributed by atoms with E-state index in [2.05, 4.69) is 5.10 Å². The summed E-state index contributed by atoms with van der Waals surface area (Å²) in [6, 6.07) is 4.97. The molecule has 0 bridgehead atoms. The Bertz CT molecular complexity index is 844. The zero-order valence-electron chi connectivity index (χ0n) is 12.5. The molecule has 23 heavy (non-hydrogen) atoms. The third-order valence-electron chi connectivity index (χ3n) is 3.58. The average molecular weight is 323 g/mol. The van der Waals surface area contributed by atoms with E-state index in [1.807, 2.05) is 0 Å². The molecular weight excluding hydrogens is 308 g/mol. The molecule has 0 radical (unpaired) electrons. The van der Waals surface area contributed by atoms with E-state index in [1.165, 1.54) is 18.0 Å². The normalized spacial score (nSPS) is 12.0. The summed E-state index contributed by atoms with van der Waals surface area (Å²) >= 11 is 0. The molecule has 0 aliphatic heterocycles. The molecule has 1 amide bonds. The van der Waals surface area contributed by atoms with Gasteiger partial charge in [0.05, 0.1) is 6.04 Å². The number of hydrogen-bond donors (Lipinski definition) is 1. The van der Waals surface area contributed by atoms with Crippen molar-refractivity contribution >= 4 is 5.91 Å². The summed E-state index contributed by atoms with van der Waals surface area (Å²) in [6.07, 6.45) is 0. The molecule has 1 aromatic carbocycles. The van der Waals surface area contributed by atoms with Crippen LogP contribution in [0.5, 0.6) is 0 Å². The van der Waals surface area contributed by atoms with Gasteiger partial charge in [-0.1, -0.05) is 6.07 Å². The van der Waals surface area contributed by atoms with E-state index in [4.69, 9.17) is 0 Å². The van der Waals surface area contributed by atoms with Crippen molar-refractivity contribution in [3.8, 4) is 0 Å². The monoisotopic (exact) mass is 323 g/mol. The van der Waals surface area contributed by atoms with E-state index in [9.17, 15) is 23.2 Å². The van der Waals surface area contributed by atoms with E-state index in [1.54, 1.807) is 6.92 Å². The van der Waals surface area contributed by atoms with Crippen LogP contribution in [0.4, 0.5) is 8.78 Å². The molecule has 2 rings (SSSR count). The molecule has 0 saturated carbocycles. The lowest BCUT2D eigenvalue weighted by molar-refractivity contribution is -0.132. The zero-order valence-corrected chi connectivity index (χ0v) is 12.5. The predicted molar refractivity (Wildman–Crippen MR) is 78.9 cm³/mol. The fraction of sp³-hybridized carbons (Fsp3) is 0.267. The van der Waals surface area contributed by atoms with Gasteiger partial charge in [-0.3, -0.25) is 19.5 Å². The standard InChI is InChI=1S/C15H15F2N3O3/c1-9(10-3-4-11(16)12(17)7-10)19(2)15(23)8-20-14(22)6-5-13(21)18-20/h3-7,9H,8H2,1-2H3,(H,18,21). The molecule has 122 valence electrons. The number of hydrogen-bond acceptors (Lipinski definition) is 3. The second-order valence-electron chi connectivity index (χ2n) is 5.09. The third-order valence-corrected chi connectivity index (χ3v) is 3.58. The largest absolute Gasteiger partial charge is 0.337 e. The first-order valence-electron chi connectivity index (χ1n) is 6.80. The van der Waals surface area contributed by atoms with Crippen LogP contribution in [0.3, 0.4) is 0 Å². The van der Waals surface area contributed by atoms with Gasteiger partial charge in [0.15, 0.2) is 11.6 Å². The maximum atomic E-state index is 13.3. The smallest absolute Gasteiger partial charge is 0.265 e. The number of amides is 1. The van der Waals surface area contributed by atoms with Crippen LogP contribution >= 0.6 is 0 Å². The van der Waals surface area contributed by atoms with Gasteiger partial charge in [-0.15, -0.1) is 0 Å². The van der Waals surface area contributed by atoms with Crippen molar-refractivity contribution in [2.45, 2.75) is 19.5 Å². The Kier molecular flexibility index (Phi) is 4.73. The van der Waals surface area contributed by atoms with Crippen LogP contribution in [0, 0.1) is 11.6 Å². The number of carbonyl (C=O) groups excluding carboxylic acids is 1. The molecule has 0 saturated heterocycles. The molecule has 1 unspecified atom stereocenters. The van der Waals surface area contributed by atoms with Gasteiger partial charge in [0, 0.05) is 19.2 Å². The van der Waals surface area contributed by atoms with E-state index in [0.717, 1.165) is 28.9 Å². The quantitative estimate of drug-likeness (QED) is 0.913. The molecule has 0 fully saturated rings. The Morgan fingerprint density at radius 1 is 1.22 bits per heavy atom. The summed E-state index contributed by atoms with van der Waals surface area (Å²) in [7, 11) is 1.47. The molecule has 0 spiro atoms. The first-order valence-corrected chi connectivity index (χ1v) is 6.80. The number of nitrogens with zero attached hydrogens (tertiary/aromatic N) is 2. The van der Waals surface area contributed by atoms with Crippen molar-refractivity contribution in [3.63, 3.8) is 0 Å². The molecule has 1 N–H and O–H groups in total. The lowest BCUT2D eigenvalue weighted by Crippen LogP contribution is -2.38. The molecular formula is C15H15F2N3O3. The molecule has 6 nitrogen and oxygen atoms in total. The predicted octanol–water partition coefficient (Wildman–Crippen LogP) is 1.03.